The van der Waals surface area contributed by atoms with Gasteiger partial charge in [0.15, 0.2) is 0 Å². The van der Waals surface area contributed by atoms with Crippen molar-refractivity contribution in [3.05, 3.63) is 69.8 Å². The van der Waals surface area contributed by atoms with E-state index in [1.54, 1.807) is 43.3 Å². The molecular weight excluding hydrogens is 378 g/mol. The van der Waals surface area contributed by atoms with Crippen LogP contribution in [0, 0.1) is 13.8 Å². The van der Waals surface area contributed by atoms with Crippen LogP contribution in [0.4, 0.5) is 0 Å². The molecule has 28 heavy (non-hydrogen) atoms. The highest BCUT2D eigenvalue weighted by atomic mass is 32.2. The van der Waals surface area contributed by atoms with Gasteiger partial charge in [0.05, 0.1) is 29.0 Å². The number of nitrogens with zero attached hydrogens (tertiary/aromatic N) is 2. The molecule has 3 aromatic rings. The molecule has 3 rings (SSSR count). The fourth-order valence-electron chi connectivity index (χ4n) is 2.98. The molecule has 8 heteroatoms. The number of aromatic amines is 1. The van der Waals surface area contributed by atoms with E-state index in [9.17, 15) is 13.2 Å². The van der Waals surface area contributed by atoms with Gasteiger partial charge >= 0.3 is 0 Å². The molecule has 0 spiro atoms. The molecule has 0 unspecified atom stereocenters. The molecule has 0 radical (unpaired) electrons. The Labute approximate surface area is 164 Å². The van der Waals surface area contributed by atoms with Crippen molar-refractivity contribution in [2.45, 2.75) is 25.3 Å². The summed E-state index contributed by atoms with van der Waals surface area (Å²) in [4.78, 5) is 19.7. The summed E-state index contributed by atoms with van der Waals surface area (Å²) >= 11 is 0. The molecule has 0 bridgehead atoms. The largest absolute Gasteiger partial charge is 0.383 e. The third-order valence-electron chi connectivity index (χ3n) is 4.49. The van der Waals surface area contributed by atoms with Gasteiger partial charge in [-0.05, 0) is 43.2 Å². The molecule has 0 saturated heterocycles. The van der Waals surface area contributed by atoms with Gasteiger partial charge in [0, 0.05) is 13.7 Å². The predicted octanol–water partition coefficient (Wildman–Crippen LogP) is 2.38. The summed E-state index contributed by atoms with van der Waals surface area (Å²) in [5.74, 6) is 0.286. The number of hydrogen-bond acceptors (Lipinski definition) is 5. The first kappa shape index (κ1) is 20.2. The summed E-state index contributed by atoms with van der Waals surface area (Å²) in [7, 11) is -2.29. The lowest BCUT2D eigenvalue weighted by atomic mass is 10.2. The molecule has 7 nitrogen and oxygen atoms in total. The van der Waals surface area contributed by atoms with Crippen molar-refractivity contribution in [2.24, 2.45) is 0 Å². The second kappa shape index (κ2) is 8.22. The number of ether oxygens (including phenoxy) is 1. The van der Waals surface area contributed by atoms with Crippen molar-refractivity contribution in [3.8, 4) is 0 Å². The maximum atomic E-state index is 13.3. The average Bonchev–Trinajstić information content (AvgIpc) is 2.67. The van der Waals surface area contributed by atoms with Crippen molar-refractivity contribution in [1.82, 2.24) is 14.3 Å². The zero-order valence-corrected chi connectivity index (χ0v) is 16.9. The second-order valence-corrected chi connectivity index (χ2v) is 8.54. The van der Waals surface area contributed by atoms with Crippen LogP contribution in [0.5, 0.6) is 0 Å². The summed E-state index contributed by atoms with van der Waals surface area (Å²) < 4.78 is 33.0. The van der Waals surface area contributed by atoms with Crippen molar-refractivity contribution in [1.29, 1.82) is 0 Å². The molecule has 148 valence electrons. The van der Waals surface area contributed by atoms with Crippen LogP contribution in [0.2, 0.25) is 0 Å². The maximum absolute atomic E-state index is 13.3. The van der Waals surface area contributed by atoms with E-state index in [4.69, 9.17) is 4.74 Å². The van der Waals surface area contributed by atoms with Crippen LogP contribution in [0.15, 0.2) is 52.2 Å². The summed E-state index contributed by atoms with van der Waals surface area (Å²) in [5, 5.41) is 0.465. The molecule has 0 amide bonds. The lowest BCUT2D eigenvalue weighted by Gasteiger charge is -2.22. The van der Waals surface area contributed by atoms with Gasteiger partial charge < -0.3 is 9.72 Å². The van der Waals surface area contributed by atoms with Gasteiger partial charge in [-0.15, -0.1) is 0 Å². The van der Waals surface area contributed by atoms with Crippen LogP contribution < -0.4 is 5.56 Å². The Kier molecular flexibility index (Phi) is 5.93. The fraction of sp³-hybridized carbons (Fsp3) is 0.300. The van der Waals surface area contributed by atoms with Crippen molar-refractivity contribution < 1.29 is 13.2 Å². The molecule has 0 fully saturated rings. The number of para-hydroxylation sites is 1. The lowest BCUT2D eigenvalue weighted by Crippen LogP contribution is -2.35. The Morgan fingerprint density at radius 3 is 2.64 bits per heavy atom. The van der Waals surface area contributed by atoms with E-state index in [1.165, 1.54) is 11.4 Å². The molecule has 0 aliphatic carbocycles. The first-order valence-electron chi connectivity index (χ1n) is 8.87. The van der Waals surface area contributed by atoms with Crippen molar-refractivity contribution in [2.75, 3.05) is 20.3 Å². The number of nitrogens with one attached hydrogen (secondary N) is 1. The van der Waals surface area contributed by atoms with Crippen LogP contribution >= 0.6 is 0 Å². The first-order valence-corrected chi connectivity index (χ1v) is 10.3. The summed E-state index contributed by atoms with van der Waals surface area (Å²) in [6.07, 6.45) is 0. The van der Waals surface area contributed by atoms with Gasteiger partial charge in [0.2, 0.25) is 10.0 Å². The standard InChI is InChI=1S/C20H23N3O4S/c1-14-8-9-15(2)18(12-14)28(25,26)23(10-11-27-3)13-19-21-17-7-5-4-6-16(17)20(24)22-19/h4-9,12H,10-11,13H2,1-3H3,(H,21,22,24). The highest BCUT2D eigenvalue weighted by Gasteiger charge is 2.27. The Morgan fingerprint density at radius 2 is 1.89 bits per heavy atom. The number of aryl methyl sites for hydroxylation is 2. The number of sulfonamides is 1. The van der Waals surface area contributed by atoms with Crippen molar-refractivity contribution >= 4 is 20.9 Å². The molecule has 1 aromatic heterocycles. The van der Waals surface area contributed by atoms with E-state index in [0.717, 1.165) is 5.56 Å². The number of aromatic nitrogens is 2. The summed E-state index contributed by atoms with van der Waals surface area (Å²) in [6.45, 7) is 3.92. The van der Waals surface area contributed by atoms with E-state index in [-0.39, 0.29) is 36.0 Å². The Balaban J connectivity index is 2.03. The molecule has 2 aromatic carbocycles. The molecule has 0 aliphatic rings. The third kappa shape index (κ3) is 4.14. The molecule has 1 heterocycles. The highest BCUT2D eigenvalue weighted by molar-refractivity contribution is 7.89. The SMILES string of the molecule is COCCN(Cc1nc2ccccc2c(=O)[nH]1)S(=O)(=O)c1cc(C)ccc1C. The van der Waals surface area contributed by atoms with Gasteiger partial charge in [0.1, 0.15) is 5.82 Å². The number of benzene rings is 2. The maximum Gasteiger partial charge on any atom is 0.258 e. The summed E-state index contributed by atoms with van der Waals surface area (Å²) in [5.41, 5.74) is 1.74. The van der Waals surface area contributed by atoms with Gasteiger partial charge in [-0.1, -0.05) is 24.3 Å². The number of methoxy groups -OCH3 is 1. The van der Waals surface area contributed by atoms with E-state index in [2.05, 4.69) is 9.97 Å². The molecule has 0 aliphatic heterocycles. The Bertz CT molecular complexity index is 1160. The fourth-order valence-corrected chi connectivity index (χ4v) is 4.67. The van der Waals surface area contributed by atoms with Crippen LogP contribution in [0.1, 0.15) is 17.0 Å². The smallest absolute Gasteiger partial charge is 0.258 e. The molecule has 0 atom stereocenters. The van der Waals surface area contributed by atoms with Crippen LogP contribution in [-0.2, 0) is 21.3 Å². The molecule has 0 saturated carbocycles. The lowest BCUT2D eigenvalue weighted by molar-refractivity contribution is 0.176. The zero-order chi connectivity index (χ0) is 20.3. The normalized spacial score (nSPS) is 12.0. The van der Waals surface area contributed by atoms with Crippen LogP contribution in [0.3, 0.4) is 0 Å². The third-order valence-corrected chi connectivity index (χ3v) is 6.48. The van der Waals surface area contributed by atoms with Crippen LogP contribution in [0.25, 0.3) is 10.9 Å². The van der Waals surface area contributed by atoms with E-state index in [0.29, 0.717) is 16.5 Å². The minimum absolute atomic E-state index is 0.0564. The molecular formula is C20H23N3O4S. The zero-order valence-electron chi connectivity index (χ0n) is 16.1. The van der Waals surface area contributed by atoms with Gasteiger partial charge in [-0.25, -0.2) is 13.4 Å². The number of fused-ring (bicyclic) bond motifs is 1. The first-order chi connectivity index (χ1) is 13.3. The van der Waals surface area contributed by atoms with Crippen LogP contribution in [-0.4, -0.2) is 43.0 Å². The minimum atomic E-state index is -3.80. The summed E-state index contributed by atoms with van der Waals surface area (Å²) in [6, 6.07) is 12.3. The molecule has 1 N–H and O–H groups in total. The predicted molar refractivity (Wildman–Crippen MR) is 108 cm³/mol. The average molecular weight is 401 g/mol. The second-order valence-electron chi connectivity index (χ2n) is 6.63. The van der Waals surface area contributed by atoms with E-state index < -0.39 is 10.0 Å². The van der Waals surface area contributed by atoms with Gasteiger partial charge in [-0.2, -0.15) is 4.31 Å². The van der Waals surface area contributed by atoms with Gasteiger partial charge in [0.25, 0.3) is 5.56 Å². The van der Waals surface area contributed by atoms with E-state index in [1.807, 2.05) is 13.0 Å². The van der Waals surface area contributed by atoms with Gasteiger partial charge in [-0.3, -0.25) is 4.79 Å². The number of hydrogen-bond donors (Lipinski definition) is 1. The highest BCUT2D eigenvalue weighted by Crippen LogP contribution is 2.22. The quantitative estimate of drug-likeness (QED) is 0.656. The monoisotopic (exact) mass is 401 g/mol. The number of rotatable bonds is 7. The topological polar surface area (TPSA) is 92.4 Å². The Hall–Kier alpha value is -2.55. The van der Waals surface area contributed by atoms with E-state index >= 15 is 0 Å². The Morgan fingerprint density at radius 1 is 1.14 bits per heavy atom. The minimum Gasteiger partial charge on any atom is -0.383 e. The van der Waals surface area contributed by atoms with Crippen molar-refractivity contribution in [3.63, 3.8) is 0 Å². The number of H-pyrrole nitrogens is 1.